The first-order valence-electron chi connectivity index (χ1n) is 10.9. The van der Waals surface area contributed by atoms with Gasteiger partial charge in [-0.25, -0.2) is 9.37 Å². The van der Waals surface area contributed by atoms with Crippen LogP contribution >= 0.6 is 11.8 Å². The van der Waals surface area contributed by atoms with E-state index in [0.29, 0.717) is 24.8 Å². The fourth-order valence-corrected chi connectivity index (χ4v) is 4.90. The van der Waals surface area contributed by atoms with Gasteiger partial charge in [0.2, 0.25) is 5.91 Å². The lowest BCUT2D eigenvalue weighted by Crippen LogP contribution is -2.49. The summed E-state index contributed by atoms with van der Waals surface area (Å²) in [7, 11) is 0. The van der Waals surface area contributed by atoms with Crippen molar-refractivity contribution in [2.75, 3.05) is 51.3 Å². The summed E-state index contributed by atoms with van der Waals surface area (Å²) in [5.74, 6) is 0.990. The summed E-state index contributed by atoms with van der Waals surface area (Å²) >= 11 is 1.75. The van der Waals surface area contributed by atoms with Gasteiger partial charge < -0.3 is 5.32 Å². The van der Waals surface area contributed by atoms with Gasteiger partial charge in [0.25, 0.3) is 0 Å². The van der Waals surface area contributed by atoms with Crippen LogP contribution in [0.2, 0.25) is 0 Å². The van der Waals surface area contributed by atoms with Gasteiger partial charge in [-0.1, -0.05) is 43.0 Å². The Bertz CT molecular complexity index is 985. The molecule has 1 amide bonds. The number of rotatable bonds is 7. The van der Waals surface area contributed by atoms with Crippen LogP contribution in [0, 0.1) is 5.92 Å². The molecule has 164 valence electrons. The quantitative estimate of drug-likeness (QED) is 0.692. The van der Waals surface area contributed by atoms with Crippen LogP contribution in [-0.2, 0) is 4.79 Å². The Morgan fingerprint density at radius 2 is 2.00 bits per heavy atom. The Kier molecular flexibility index (Phi) is 7.37. The number of piperazine rings is 1. The van der Waals surface area contributed by atoms with Crippen molar-refractivity contribution >= 4 is 39.2 Å². The summed E-state index contributed by atoms with van der Waals surface area (Å²) in [5.41, 5.74) is 1.19. The second kappa shape index (κ2) is 10.4. The molecule has 31 heavy (non-hydrogen) atoms. The average molecular weight is 441 g/mol. The van der Waals surface area contributed by atoms with E-state index in [2.05, 4.69) is 62.8 Å². The lowest BCUT2D eigenvalue weighted by Gasteiger charge is -2.33. The number of hydrogen-bond donors (Lipinski definition) is 1. The molecule has 7 heteroatoms. The molecule has 2 aliphatic rings. The molecule has 0 aliphatic carbocycles. The molecule has 1 N–H and O–H groups in total. The maximum atomic E-state index is 12.5. The lowest BCUT2D eigenvalue weighted by atomic mass is 10.0. The second-order valence-electron chi connectivity index (χ2n) is 8.04. The van der Waals surface area contributed by atoms with E-state index in [1.54, 1.807) is 11.8 Å². The van der Waals surface area contributed by atoms with Crippen LogP contribution in [0.3, 0.4) is 0 Å². The highest BCUT2D eigenvalue weighted by Crippen LogP contribution is 2.36. The van der Waals surface area contributed by atoms with Gasteiger partial charge in [-0.3, -0.25) is 14.6 Å². The third-order valence-corrected chi connectivity index (χ3v) is 6.78. The highest BCUT2D eigenvalue weighted by atomic mass is 32.2. The zero-order valence-electron chi connectivity index (χ0n) is 17.9. The van der Waals surface area contributed by atoms with Gasteiger partial charge in [-0.05, 0) is 40.8 Å². The molecule has 1 unspecified atom stereocenters. The van der Waals surface area contributed by atoms with Crippen molar-refractivity contribution in [1.82, 2.24) is 14.8 Å². The summed E-state index contributed by atoms with van der Waals surface area (Å²) in [6, 6.07) is 8.33. The van der Waals surface area contributed by atoms with Gasteiger partial charge in [0.1, 0.15) is 12.5 Å². The topological polar surface area (TPSA) is 48.5 Å². The minimum absolute atomic E-state index is 0.0663. The maximum Gasteiger partial charge on any atom is 0.239 e. The van der Waals surface area contributed by atoms with Crippen molar-refractivity contribution in [1.29, 1.82) is 0 Å². The maximum absolute atomic E-state index is 12.5. The highest BCUT2D eigenvalue weighted by molar-refractivity contribution is 8.11. The molecule has 0 saturated carbocycles. The molecule has 0 bridgehead atoms. The summed E-state index contributed by atoms with van der Waals surface area (Å²) in [4.78, 5) is 22.4. The van der Waals surface area contributed by atoms with Crippen molar-refractivity contribution in [2.45, 2.75) is 13.3 Å². The number of pyridine rings is 1. The van der Waals surface area contributed by atoms with E-state index < -0.39 is 0 Å². The first-order valence-corrected chi connectivity index (χ1v) is 11.8. The second-order valence-corrected chi connectivity index (χ2v) is 8.98. The molecule has 0 spiro atoms. The Morgan fingerprint density at radius 3 is 2.77 bits per heavy atom. The number of benzene rings is 1. The fourth-order valence-electron chi connectivity index (χ4n) is 3.96. The standard InChI is InChI=1S/C24H29FN4OS/c1-2-18-5-12-31-22(13-18)19-3-4-20-16-26-23(15-21(20)14-19)27-24(30)17-29-10-8-28(7-6-25)9-11-29/h3-5,12-16,18H,2,6-11,17H2,1H3,(H,26,27,30). The molecular formula is C24H29FN4OS. The number of carbonyl (C=O) groups excluding carboxylic acids is 1. The summed E-state index contributed by atoms with van der Waals surface area (Å²) in [5, 5.41) is 7.22. The van der Waals surface area contributed by atoms with Crippen LogP contribution < -0.4 is 5.32 Å². The van der Waals surface area contributed by atoms with Gasteiger partial charge in [-0.2, -0.15) is 0 Å². The van der Waals surface area contributed by atoms with E-state index in [1.165, 1.54) is 10.5 Å². The Balaban J connectivity index is 1.40. The van der Waals surface area contributed by atoms with Crippen LogP contribution in [0.4, 0.5) is 10.2 Å². The third-order valence-electron chi connectivity index (χ3n) is 5.86. The zero-order valence-corrected chi connectivity index (χ0v) is 18.7. The minimum atomic E-state index is -0.318. The Morgan fingerprint density at radius 1 is 1.19 bits per heavy atom. The number of anilines is 1. The average Bonchev–Trinajstić information content (AvgIpc) is 2.80. The van der Waals surface area contributed by atoms with Crippen molar-refractivity contribution in [2.24, 2.45) is 5.92 Å². The molecule has 2 aliphatic heterocycles. The van der Waals surface area contributed by atoms with Gasteiger partial charge in [0.15, 0.2) is 0 Å². The van der Waals surface area contributed by atoms with E-state index in [0.717, 1.165) is 43.4 Å². The van der Waals surface area contributed by atoms with Crippen LogP contribution in [0.5, 0.6) is 0 Å². The van der Waals surface area contributed by atoms with Crippen molar-refractivity contribution in [3.05, 3.63) is 53.6 Å². The largest absolute Gasteiger partial charge is 0.310 e. The van der Waals surface area contributed by atoms with Gasteiger partial charge in [0.05, 0.1) is 6.54 Å². The van der Waals surface area contributed by atoms with Crippen LogP contribution in [0.15, 0.2) is 48.0 Å². The molecule has 1 aromatic heterocycles. The highest BCUT2D eigenvalue weighted by Gasteiger charge is 2.19. The molecule has 1 fully saturated rings. The minimum Gasteiger partial charge on any atom is -0.310 e. The van der Waals surface area contributed by atoms with E-state index >= 15 is 0 Å². The number of allylic oxidation sites excluding steroid dienone is 2. The van der Waals surface area contributed by atoms with E-state index in [1.807, 2.05) is 12.3 Å². The Hall–Kier alpha value is -2.22. The number of halogens is 1. The van der Waals surface area contributed by atoms with Crippen molar-refractivity contribution in [3.8, 4) is 0 Å². The normalized spacial score (nSPS) is 20.1. The summed E-state index contributed by atoms with van der Waals surface area (Å²) in [6.07, 6.45) is 7.47. The van der Waals surface area contributed by atoms with Crippen LogP contribution in [-0.4, -0.2) is 66.6 Å². The number of nitrogens with zero attached hydrogens (tertiary/aromatic N) is 3. The van der Waals surface area contributed by atoms with E-state index in [4.69, 9.17) is 0 Å². The zero-order chi connectivity index (χ0) is 21.6. The lowest BCUT2D eigenvalue weighted by molar-refractivity contribution is -0.117. The smallest absolute Gasteiger partial charge is 0.239 e. The molecule has 5 nitrogen and oxygen atoms in total. The number of thioether (sulfide) groups is 1. The SMILES string of the molecule is CCC1C=CSC(c2ccc3cnc(NC(=O)CN4CCN(CCF)CC4)cc3c2)=C1. The Labute approximate surface area is 187 Å². The summed E-state index contributed by atoms with van der Waals surface area (Å²) in [6.45, 7) is 5.85. The van der Waals surface area contributed by atoms with Gasteiger partial charge in [-0.15, -0.1) is 0 Å². The number of alkyl halides is 1. The number of nitrogens with one attached hydrogen (secondary N) is 1. The predicted molar refractivity (Wildman–Crippen MR) is 128 cm³/mol. The van der Waals surface area contributed by atoms with Crippen LogP contribution in [0.1, 0.15) is 18.9 Å². The summed E-state index contributed by atoms with van der Waals surface area (Å²) < 4.78 is 12.5. The number of carbonyl (C=O) groups is 1. The molecule has 4 rings (SSSR count). The number of aromatic nitrogens is 1. The fraction of sp³-hybridized carbons (Fsp3) is 0.417. The molecule has 1 atom stereocenters. The first kappa shape index (κ1) is 22.0. The molecule has 3 heterocycles. The van der Waals surface area contributed by atoms with Crippen molar-refractivity contribution < 1.29 is 9.18 Å². The number of hydrogen-bond acceptors (Lipinski definition) is 5. The van der Waals surface area contributed by atoms with Gasteiger partial charge in [0, 0.05) is 49.2 Å². The van der Waals surface area contributed by atoms with Crippen molar-refractivity contribution in [3.63, 3.8) is 0 Å². The molecule has 1 aromatic carbocycles. The van der Waals surface area contributed by atoms with Crippen LogP contribution in [0.25, 0.3) is 15.7 Å². The monoisotopic (exact) mass is 440 g/mol. The van der Waals surface area contributed by atoms with E-state index in [-0.39, 0.29) is 12.6 Å². The number of amides is 1. The van der Waals surface area contributed by atoms with Gasteiger partial charge >= 0.3 is 0 Å². The van der Waals surface area contributed by atoms with E-state index in [9.17, 15) is 9.18 Å². The molecule has 1 saturated heterocycles. The predicted octanol–water partition coefficient (Wildman–Crippen LogP) is 4.39. The first-order chi connectivity index (χ1) is 15.1. The molecule has 0 radical (unpaired) electrons. The molecule has 2 aromatic rings. The molecular weight excluding hydrogens is 411 g/mol. The third kappa shape index (κ3) is 5.73. The number of fused-ring (bicyclic) bond motifs is 1.